The summed E-state index contributed by atoms with van der Waals surface area (Å²) in [6.07, 6.45) is 0. The Labute approximate surface area is 176 Å². The number of nitrogens with one attached hydrogen (secondary N) is 4. The van der Waals surface area contributed by atoms with Gasteiger partial charge in [0, 0.05) is 24.3 Å². The lowest BCUT2D eigenvalue weighted by molar-refractivity contribution is -0.996. The maximum Gasteiger partial charge on any atom is 0.271 e. The van der Waals surface area contributed by atoms with Gasteiger partial charge in [-0.25, -0.2) is 20.8 Å². The molecular weight excluding hydrogens is 436 g/mol. The van der Waals surface area contributed by atoms with E-state index in [1.807, 2.05) is 0 Å². The Morgan fingerprint density at radius 1 is 0.750 bits per heavy atom. The Morgan fingerprint density at radius 3 is 1.88 bits per heavy atom. The van der Waals surface area contributed by atoms with Crippen molar-refractivity contribution in [3.05, 3.63) is 79.7 Å². The molecule has 0 bridgehead atoms. The zero-order valence-corrected chi connectivity index (χ0v) is 15.8. The van der Waals surface area contributed by atoms with E-state index >= 15 is 0 Å². The molecular formula is C16H16N6O10. The first kappa shape index (κ1) is 23.3. The average Bonchev–Trinajstić information content (AvgIpc) is 2.74. The Balaban J connectivity index is 2.06. The van der Waals surface area contributed by atoms with Crippen molar-refractivity contribution >= 4 is 22.7 Å². The molecule has 1 heterocycles. The first-order chi connectivity index (χ1) is 15.1. The number of hydrogen-bond acceptors (Lipinski definition) is 11. The van der Waals surface area contributed by atoms with E-state index < -0.39 is 37.8 Å². The summed E-state index contributed by atoms with van der Waals surface area (Å²) in [6, 6.07) is 8.17. The van der Waals surface area contributed by atoms with E-state index in [4.69, 9.17) is 15.2 Å². The van der Waals surface area contributed by atoms with Crippen LogP contribution in [0.2, 0.25) is 0 Å². The third kappa shape index (κ3) is 4.92. The Kier molecular flexibility index (Phi) is 6.86. The van der Waals surface area contributed by atoms with Crippen molar-refractivity contribution in [3.8, 4) is 17.3 Å². The summed E-state index contributed by atoms with van der Waals surface area (Å²) in [4.78, 5) is 12.3. The van der Waals surface area contributed by atoms with Gasteiger partial charge < -0.3 is 25.6 Å². The smallest absolute Gasteiger partial charge is 0.271 e. The van der Waals surface area contributed by atoms with Gasteiger partial charge in [-0.3, -0.25) is 4.79 Å². The van der Waals surface area contributed by atoms with Crippen LogP contribution in [0.3, 0.4) is 0 Å². The molecule has 8 N–H and O–H groups in total. The van der Waals surface area contributed by atoms with Gasteiger partial charge in [-0.2, -0.15) is 25.6 Å². The van der Waals surface area contributed by atoms with Crippen LogP contribution in [-0.4, -0.2) is 30.6 Å². The monoisotopic (exact) mass is 452 g/mol. The number of quaternary nitrogens is 4. The number of ether oxygens (including phenoxy) is 1. The van der Waals surface area contributed by atoms with Gasteiger partial charge in [0.2, 0.25) is 11.6 Å². The summed E-state index contributed by atoms with van der Waals surface area (Å²) >= 11 is 0. The summed E-state index contributed by atoms with van der Waals surface area (Å²) in [7, 11) is 0. The molecule has 4 unspecified atom stereocenters. The van der Waals surface area contributed by atoms with E-state index in [2.05, 4.69) is 5.10 Å². The highest BCUT2D eigenvalue weighted by atomic mass is 16.8. The normalized spacial score (nSPS) is 15.1. The molecule has 4 atom stereocenters. The largest absolute Gasteiger partial charge is 0.595 e. The second kappa shape index (κ2) is 9.42. The maximum absolute atomic E-state index is 12.3. The zero-order chi connectivity index (χ0) is 23.6. The van der Waals surface area contributed by atoms with Crippen LogP contribution in [-0.2, 0) is 0 Å². The maximum atomic E-state index is 12.3. The van der Waals surface area contributed by atoms with Crippen LogP contribution in [0.4, 0.5) is 22.7 Å². The van der Waals surface area contributed by atoms with E-state index in [-0.39, 0.29) is 28.7 Å². The van der Waals surface area contributed by atoms with Crippen LogP contribution in [0.15, 0.2) is 53.3 Å². The van der Waals surface area contributed by atoms with Gasteiger partial charge in [-0.05, 0) is 12.1 Å². The van der Waals surface area contributed by atoms with Crippen molar-refractivity contribution in [1.82, 2.24) is 9.78 Å². The molecule has 3 aromatic rings. The number of hydrogen-bond donors (Lipinski definition) is 8. The van der Waals surface area contributed by atoms with E-state index in [1.54, 1.807) is 0 Å². The summed E-state index contributed by atoms with van der Waals surface area (Å²) in [5.74, 6) is -0.589. The molecule has 0 saturated heterocycles. The summed E-state index contributed by atoms with van der Waals surface area (Å²) < 4.78 is 6.05. The van der Waals surface area contributed by atoms with Gasteiger partial charge in [0.25, 0.3) is 5.56 Å². The van der Waals surface area contributed by atoms with Gasteiger partial charge in [0.05, 0.1) is 12.1 Å². The molecule has 3 rings (SSSR count). The Bertz CT molecular complexity index is 1170. The predicted octanol–water partition coefficient (Wildman–Crippen LogP) is -3.36. The lowest BCUT2D eigenvalue weighted by atomic mass is 10.2. The highest BCUT2D eigenvalue weighted by Gasteiger charge is 2.20. The zero-order valence-electron chi connectivity index (χ0n) is 15.8. The predicted molar refractivity (Wildman–Crippen MR) is 99.5 cm³/mol. The summed E-state index contributed by atoms with van der Waals surface area (Å²) in [5, 5.41) is 80.2. The van der Waals surface area contributed by atoms with E-state index in [1.165, 1.54) is 0 Å². The lowest BCUT2D eigenvalue weighted by Crippen LogP contribution is -3.01. The van der Waals surface area contributed by atoms with Crippen molar-refractivity contribution in [1.29, 1.82) is 0 Å². The minimum absolute atomic E-state index is 0.252. The first-order valence-corrected chi connectivity index (χ1v) is 8.58. The summed E-state index contributed by atoms with van der Waals surface area (Å²) in [6.45, 7) is 0. The molecule has 16 heteroatoms. The van der Waals surface area contributed by atoms with Gasteiger partial charge in [-0.1, -0.05) is 0 Å². The van der Waals surface area contributed by atoms with Crippen LogP contribution in [0.1, 0.15) is 0 Å². The van der Waals surface area contributed by atoms with Crippen LogP contribution < -0.4 is 31.2 Å². The third-order valence-electron chi connectivity index (χ3n) is 4.15. The molecule has 170 valence electrons. The molecule has 0 amide bonds. The molecule has 0 aliphatic carbocycles. The second-order valence-electron chi connectivity index (χ2n) is 6.19. The molecule has 0 saturated carbocycles. The van der Waals surface area contributed by atoms with Crippen molar-refractivity contribution in [2.75, 3.05) is 0 Å². The minimum atomic E-state index is -1.51. The van der Waals surface area contributed by atoms with Crippen molar-refractivity contribution in [2.24, 2.45) is 0 Å². The number of benzene rings is 2. The second-order valence-corrected chi connectivity index (χ2v) is 6.19. The number of nitrogens with zero attached hydrogens (tertiary/aromatic N) is 2. The van der Waals surface area contributed by atoms with Crippen molar-refractivity contribution < 1.29 is 46.5 Å². The molecule has 0 radical (unpaired) electrons. The van der Waals surface area contributed by atoms with Crippen molar-refractivity contribution in [3.63, 3.8) is 0 Å². The van der Waals surface area contributed by atoms with E-state index in [0.29, 0.717) is 4.68 Å². The highest BCUT2D eigenvalue weighted by Crippen LogP contribution is 2.28. The molecule has 0 fully saturated rings. The molecule has 2 aromatic carbocycles. The van der Waals surface area contributed by atoms with Crippen molar-refractivity contribution in [2.45, 2.75) is 0 Å². The molecule has 0 spiro atoms. The van der Waals surface area contributed by atoms with Gasteiger partial charge >= 0.3 is 0 Å². The van der Waals surface area contributed by atoms with Gasteiger partial charge in [0.15, 0.2) is 22.8 Å². The van der Waals surface area contributed by atoms with Crippen LogP contribution in [0, 0.1) is 20.8 Å². The molecule has 0 aliphatic rings. The van der Waals surface area contributed by atoms with Crippen LogP contribution in [0.5, 0.6) is 11.6 Å². The standard InChI is InChI=1S/C16H16N6O10/c23-16-6-5-15(32-14-4-2-10(20(26)27)8-13(14)22(30)31)17-18(16)11-3-1-9(19(24)25)7-12(11)21(28)29/h1-8,19-22,24,26,28,30H. The Hall–Kier alpha value is -3.36. The topological polar surface area (TPSA) is 235 Å². The Morgan fingerprint density at radius 2 is 1.31 bits per heavy atom. The van der Waals surface area contributed by atoms with Gasteiger partial charge in [0.1, 0.15) is 5.69 Å². The third-order valence-corrected chi connectivity index (χ3v) is 4.15. The van der Waals surface area contributed by atoms with Crippen LogP contribution >= 0.6 is 0 Å². The fraction of sp³-hybridized carbons (Fsp3) is 0. The molecule has 1 aromatic heterocycles. The number of rotatable bonds is 7. The first-order valence-electron chi connectivity index (χ1n) is 8.58. The van der Waals surface area contributed by atoms with E-state index in [9.17, 15) is 36.0 Å². The average molecular weight is 452 g/mol. The SMILES string of the molecule is O=c1ccc(Oc2ccc([NH+]([O-])O)cc2[NH+]([O-])O)nn1-c1ccc([NH+]([O-])O)cc1[NH+]([O-])O. The summed E-state index contributed by atoms with van der Waals surface area (Å²) in [5.41, 5.74) is -2.65. The van der Waals surface area contributed by atoms with Gasteiger partial charge in [-0.15, -0.1) is 5.10 Å². The molecule has 32 heavy (non-hydrogen) atoms. The fourth-order valence-electron chi connectivity index (χ4n) is 2.68. The molecule has 16 nitrogen and oxygen atoms in total. The van der Waals surface area contributed by atoms with Crippen LogP contribution in [0.25, 0.3) is 5.69 Å². The van der Waals surface area contributed by atoms with E-state index in [0.717, 1.165) is 48.5 Å². The highest BCUT2D eigenvalue weighted by molar-refractivity contribution is 5.57. The fourth-order valence-corrected chi connectivity index (χ4v) is 2.68. The minimum Gasteiger partial charge on any atom is -0.595 e. The number of aromatic nitrogens is 2. The molecule has 0 aliphatic heterocycles. The lowest BCUT2D eigenvalue weighted by Gasteiger charge is -2.19. The quantitative estimate of drug-likeness (QED) is 0.165.